The van der Waals surface area contributed by atoms with E-state index in [2.05, 4.69) is 0 Å². The lowest BCUT2D eigenvalue weighted by Crippen LogP contribution is -2.17. The van der Waals surface area contributed by atoms with Gasteiger partial charge in [-0.3, -0.25) is 4.79 Å². The van der Waals surface area contributed by atoms with E-state index in [1.165, 1.54) is 0 Å². The number of amides is 1. The largest absolute Gasteiger partial charge is 0.506 e. The molecule has 0 aliphatic heterocycles. The molecule has 0 fully saturated rings. The zero-order chi connectivity index (χ0) is 20.6. The molecule has 0 radical (unpaired) electrons. The van der Waals surface area contributed by atoms with Gasteiger partial charge < -0.3 is 15.5 Å². The van der Waals surface area contributed by atoms with E-state index in [1.54, 1.807) is 0 Å². The number of benzene rings is 2. The van der Waals surface area contributed by atoms with Crippen LogP contribution in [-0.2, 0) is 12.4 Å². The van der Waals surface area contributed by atoms with Gasteiger partial charge in [0.05, 0.1) is 22.4 Å². The molecule has 0 atom stereocenters. The van der Waals surface area contributed by atoms with Crippen molar-refractivity contribution < 1.29 is 46.1 Å². The first-order valence-corrected chi connectivity index (χ1v) is 6.96. The van der Waals surface area contributed by atoms with Gasteiger partial charge in [-0.25, -0.2) is 4.79 Å². The van der Waals surface area contributed by atoms with Crippen LogP contribution >= 0.6 is 0 Å². The standard InChI is InChI=1S/C16H9F6NO4/c17-15(18,19)9-3-8(4-10(6-9)16(20,21)22)13(25)23-11-2-1-7(14(26)27)5-12(11)24/h1-6,24H,(H,23,25)(H,26,27). The van der Waals surface area contributed by atoms with Crippen molar-refractivity contribution in [3.8, 4) is 5.75 Å². The van der Waals surface area contributed by atoms with Crippen molar-refractivity contribution in [2.45, 2.75) is 12.4 Å². The summed E-state index contributed by atoms with van der Waals surface area (Å²) in [5, 5.41) is 20.4. The van der Waals surface area contributed by atoms with Crippen LogP contribution in [-0.4, -0.2) is 22.1 Å². The highest BCUT2D eigenvalue weighted by Crippen LogP contribution is 2.36. The maximum Gasteiger partial charge on any atom is 0.416 e. The van der Waals surface area contributed by atoms with Gasteiger partial charge in [0.15, 0.2) is 0 Å². The topological polar surface area (TPSA) is 86.6 Å². The lowest BCUT2D eigenvalue weighted by molar-refractivity contribution is -0.143. The molecule has 144 valence electrons. The van der Waals surface area contributed by atoms with E-state index in [-0.39, 0.29) is 23.8 Å². The van der Waals surface area contributed by atoms with E-state index in [1.807, 2.05) is 5.32 Å². The molecule has 0 spiro atoms. The molecule has 0 heterocycles. The molecule has 2 rings (SSSR count). The normalized spacial score (nSPS) is 11.9. The van der Waals surface area contributed by atoms with Gasteiger partial charge in [0.1, 0.15) is 5.75 Å². The van der Waals surface area contributed by atoms with Crippen molar-refractivity contribution in [3.63, 3.8) is 0 Å². The fourth-order valence-corrected chi connectivity index (χ4v) is 2.05. The van der Waals surface area contributed by atoms with Crippen LogP contribution in [0.4, 0.5) is 32.0 Å². The highest BCUT2D eigenvalue weighted by Gasteiger charge is 2.37. The van der Waals surface area contributed by atoms with E-state index >= 15 is 0 Å². The first-order valence-electron chi connectivity index (χ1n) is 6.96. The summed E-state index contributed by atoms with van der Waals surface area (Å²) in [7, 11) is 0. The van der Waals surface area contributed by atoms with Gasteiger partial charge in [-0.1, -0.05) is 0 Å². The van der Waals surface area contributed by atoms with Crippen molar-refractivity contribution in [1.82, 2.24) is 0 Å². The minimum absolute atomic E-state index is 0.129. The minimum atomic E-state index is -5.12. The number of halogens is 6. The number of carbonyl (C=O) groups is 2. The number of carbonyl (C=O) groups excluding carboxylic acids is 1. The van der Waals surface area contributed by atoms with Gasteiger partial charge in [-0.05, 0) is 36.4 Å². The fourth-order valence-electron chi connectivity index (χ4n) is 2.05. The van der Waals surface area contributed by atoms with Crippen molar-refractivity contribution in [1.29, 1.82) is 0 Å². The van der Waals surface area contributed by atoms with Gasteiger partial charge in [0.2, 0.25) is 0 Å². The molecule has 0 aromatic heterocycles. The molecule has 2 aromatic rings. The van der Waals surface area contributed by atoms with Crippen LogP contribution < -0.4 is 5.32 Å². The Hall–Kier alpha value is -3.24. The Morgan fingerprint density at radius 3 is 1.74 bits per heavy atom. The number of aromatic carboxylic acids is 1. The molecular formula is C16H9F6NO4. The zero-order valence-corrected chi connectivity index (χ0v) is 12.9. The summed E-state index contributed by atoms with van der Waals surface area (Å²) in [6.45, 7) is 0. The van der Waals surface area contributed by atoms with E-state index in [0.29, 0.717) is 0 Å². The SMILES string of the molecule is O=C(O)c1ccc(NC(=O)c2cc(C(F)(F)F)cc(C(F)(F)F)c2)c(O)c1. The van der Waals surface area contributed by atoms with E-state index < -0.39 is 52.4 Å². The van der Waals surface area contributed by atoms with Crippen LogP contribution in [0, 0.1) is 0 Å². The Balaban J connectivity index is 2.42. The second kappa shape index (κ2) is 6.82. The minimum Gasteiger partial charge on any atom is -0.506 e. The summed E-state index contributed by atoms with van der Waals surface area (Å²) >= 11 is 0. The molecule has 27 heavy (non-hydrogen) atoms. The third-order valence-electron chi connectivity index (χ3n) is 3.34. The van der Waals surface area contributed by atoms with Crippen LogP contribution in [0.1, 0.15) is 31.8 Å². The second-order valence-electron chi connectivity index (χ2n) is 5.29. The Kier molecular flexibility index (Phi) is 5.07. The van der Waals surface area contributed by atoms with E-state index in [9.17, 15) is 41.0 Å². The number of anilines is 1. The molecule has 0 unspecified atom stereocenters. The van der Waals surface area contributed by atoms with Gasteiger partial charge in [0.25, 0.3) is 5.91 Å². The molecule has 11 heteroatoms. The number of nitrogens with one attached hydrogen (secondary N) is 1. The van der Waals surface area contributed by atoms with Gasteiger partial charge in [-0.15, -0.1) is 0 Å². The summed E-state index contributed by atoms with van der Waals surface area (Å²) in [6, 6.07) is 3.00. The third kappa shape index (κ3) is 4.68. The number of rotatable bonds is 3. The fraction of sp³-hybridized carbons (Fsp3) is 0.125. The zero-order valence-electron chi connectivity index (χ0n) is 12.9. The average molecular weight is 393 g/mol. The molecule has 5 nitrogen and oxygen atoms in total. The first-order chi connectivity index (χ1) is 12.3. The average Bonchev–Trinajstić information content (AvgIpc) is 2.54. The van der Waals surface area contributed by atoms with Gasteiger partial charge in [0, 0.05) is 5.56 Å². The van der Waals surface area contributed by atoms with Crippen LogP contribution in [0.5, 0.6) is 5.75 Å². The molecule has 0 bridgehead atoms. The predicted octanol–water partition coefficient (Wildman–Crippen LogP) is 4.38. The van der Waals surface area contributed by atoms with Crippen molar-refractivity contribution in [2.24, 2.45) is 0 Å². The second-order valence-corrected chi connectivity index (χ2v) is 5.29. The van der Waals surface area contributed by atoms with Crippen LogP contribution in [0.15, 0.2) is 36.4 Å². The maximum absolute atomic E-state index is 12.8. The number of phenols is 1. The number of carboxylic acid groups (broad SMARTS) is 1. The van der Waals surface area contributed by atoms with Crippen LogP contribution in [0.2, 0.25) is 0 Å². The molecule has 0 saturated carbocycles. The van der Waals surface area contributed by atoms with Crippen molar-refractivity contribution >= 4 is 17.6 Å². The molecule has 3 N–H and O–H groups in total. The Bertz CT molecular complexity index is 873. The summed E-state index contributed by atoms with van der Waals surface area (Å²) in [4.78, 5) is 22.8. The summed E-state index contributed by atoms with van der Waals surface area (Å²) in [5.74, 6) is -3.48. The maximum atomic E-state index is 12.8. The number of alkyl halides is 6. The summed E-state index contributed by atoms with van der Waals surface area (Å²) < 4.78 is 76.9. The predicted molar refractivity (Wildman–Crippen MR) is 79.5 cm³/mol. The Morgan fingerprint density at radius 2 is 1.33 bits per heavy atom. The smallest absolute Gasteiger partial charge is 0.416 e. The quantitative estimate of drug-likeness (QED) is 0.534. The van der Waals surface area contributed by atoms with Crippen molar-refractivity contribution in [2.75, 3.05) is 5.32 Å². The Morgan fingerprint density at radius 1 is 0.815 bits per heavy atom. The van der Waals surface area contributed by atoms with Gasteiger partial charge >= 0.3 is 18.3 Å². The first kappa shape index (κ1) is 20.1. The van der Waals surface area contributed by atoms with Crippen LogP contribution in [0.3, 0.4) is 0 Å². The van der Waals surface area contributed by atoms with Crippen LogP contribution in [0.25, 0.3) is 0 Å². The lowest BCUT2D eigenvalue weighted by Gasteiger charge is -2.14. The molecule has 0 aliphatic carbocycles. The highest BCUT2D eigenvalue weighted by molar-refractivity contribution is 6.05. The van der Waals surface area contributed by atoms with E-state index in [0.717, 1.165) is 18.2 Å². The molecule has 0 aliphatic rings. The number of carboxylic acids is 1. The summed E-state index contributed by atoms with van der Waals surface area (Å²) in [6.07, 6.45) is -10.2. The molecule has 2 aromatic carbocycles. The van der Waals surface area contributed by atoms with E-state index in [4.69, 9.17) is 5.11 Å². The third-order valence-corrected chi connectivity index (χ3v) is 3.34. The molecule has 0 saturated heterocycles. The number of hydrogen-bond acceptors (Lipinski definition) is 3. The molecule has 1 amide bonds. The van der Waals surface area contributed by atoms with Gasteiger partial charge in [-0.2, -0.15) is 26.3 Å². The monoisotopic (exact) mass is 393 g/mol. The Labute approximate surface area is 146 Å². The molecular weight excluding hydrogens is 384 g/mol. The lowest BCUT2D eigenvalue weighted by atomic mass is 10.0. The highest BCUT2D eigenvalue weighted by atomic mass is 19.4. The summed E-state index contributed by atoms with van der Waals surface area (Å²) in [5.41, 5.74) is -5.03. The number of phenolic OH excluding ortho intramolecular Hbond substituents is 1. The number of aromatic hydroxyl groups is 1. The number of hydrogen-bond donors (Lipinski definition) is 3. The van der Waals surface area contributed by atoms with Crippen molar-refractivity contribution in [3.05, 3.63) is 58.7 Å².